The molecule has 238 valence electrons. The fourth-order valence-corrected chi connectivity index (χ4v) is 4.43. The first kappa shape index (κ1) is 32.6. The number of carbonyl (C=O) groups is 1. The molecule has 0 unspecified atom stereocenters. The van der Waals surface area contributed by atoms with E-state index in [-0.39, 0.29) is 0 Å². The number of unbranched alkanes of at least 4 members (excludes halogenated alkanes) is 2. The van der Waals surface area contributed by atoms with E-state index >= 15 is 0 Å². The van der Waals surface area contributed by atoms with Crippen LogP contribution in [-0.2, 0) is 4.74 Å². The van der Waals surface area contributed by atoms with E-state index in [0.717, 1.165) is 60.1 Å². The molecule has 0 aliphatic heterocycles. The quantitative estimate of drug-likeness (QED) is 0.0569. The molecule has 0 atom stereocenters. The Labute approximate surface area is 274 Å². The fraction of sp³-hybridized carbons (Fsp3) is 0.216. The van der Waals surface area contributed by atoms with Crippen LogP contribution < -0.4 is 10.1 Å². The van der Waals surface area contributed by atoms with Crippen molar-refractivity contribution in [1.82, 2.24) is 0 Å². The lowest BCUT2D eigenvalue weighted by atomic mass is 10.1. The van der Waals surface area contributed by atoms with Gasteiger partial charge in [-0.2, -0.15) is 20.5 Å². The second-order valence-corrected chi connectivity index (χ2v) is 10.6. The monoisotopic (exact) mass is 627 g/mol. The summed E-state index contributed by atoms with van der Waals surface area (Å²) in [6.45, 7) is 5.50. The Bertz CT molecular complexity index is 1840. The van der Waals surface area contributed by atoms with Gasteiger partial charge in [-0.25, -0.2) is 4.79 Å². The van der Waals surface area contributed by atoms with Gasteiger partial charge in [-0.15, -0.1) is 10.2 Å². The van der Waals surface area contributed by atoms with Gasteiger partial charge in [0.1, 0.15) is 5.75 Å². The molecule has 0 saturated heterocycles. The fourth-order valence-electron chi connectivity index (χ4n) is 4.43. The third-order valence-electron chi connectivity index (χ3n) is 7.04. The normalized spacial score (nSPS) is 11.5. The molecule has 5 aromatic rings. The molecule has 0 heterocycles. The number of nitrogens with one attached hydrogen (secondary N) is 1. The number of ether oxygens (including phenoxy) is 2. The molecule has 10 nitrogen and oxygen atoms in total. The molecule has 0 spiro atoms. The summed E-state index contributed by atoms with van der Waals surface area (Å²) < 4.78 is 10.2. The molecular weight excluding hydrogens is 590 g/mol. The molecule has 0 aliphatic carbocycles. The van der Waals surface area contributed by atoms with Gasteiger partial charge >= 0.3 is 6.16 Å². The highest BCUT2D eigenvalue weighted by atomic mass is 16.7. The van der Waals surface area contributed by atoms with Gasteiger partial charge in [0.05, 0.1) is 40.7 Å². The van der Waals surface area contributed by atoms with E-state index in [1.807, 2.05) is 91.9 Å². The van der Waals surface area contributed by atoms with Crippen molar-refractivity contribution in [3.8, 4) is 5.75 Å². The van der Waals surface area contributed by atoms with E-state index < -0.39 is 6.16 Å². The number of anilines is 1. The molecule has 5 aromatic carbocycles. The molecule has 0 aromatic heterocycles. The second-order valence-electron chi connectivity index (χ2n) is 10.6. The maximum absolute atomic E-state index is 11.8. The van der Waals surface area contributed by atoms with Crippen molar-refractivity contribution in [3.05, 3.63) is 109 Å². The lowest BCUT2D eigenvalue weighted by Gasteiger charge is -2.05. The zero-order valence-electron chi connectivity index (χ0n) is 26.5. The molecule has 0 saturated carbocycles. The van der Waals surface area contributed by atoms with E-state index in [4.69, 9.17) is 9.47 Å². The summed E-state index contributed by atoms with van der Waals surface area (Å²) in [6.07, 6.45) is 3.32. The molecular formula is C37H37N7O3. The molecule has 0 aliphatic rings. The molecule has 10 heteroatoms. The number of hydrogen-bond acceptors (Lipinski definition) is 10. The molecule has 0 amide bonds. The highest BCUT2D eigenvalue weighted by molar-refractivity contribution is 5.99. The van der Waals surface area contributed by atoms with Crippen LogP contribution in [0.25, 0.3) is 10.8 Å². The van der Waals surface area contributed by atoms with Crippen LogP contribution in [0.5, 0.6) is 5.75 Å². The summed E-state index contributed by atoms with van der Waals surface area (Å²) >= 11 is 0. The predicted octanol–water partition coefficient (Wildman–Crippen LogP) is 12.6. The average molecular weight is 628 g/mol. The zero-order chi connectivity index (χ0) is 32.7. The van der Waals surface area contributed by atoms with Gasteiger partial charge in [-0.1, -0.05) is 51.0 Å². The van der Waals surface area contributed by atoms with Crippen molar-refractivity contribution in [2.75, 3.05) is 18.5 Å². The lowest BCUT2D eigenvalue weighted by molar-refractivity contribution is 0.0978. The summed E-state index contributed by atoms with van der Waals surface area (Å²) in [5.41, 5.74) is 5.30. The number of rotatable bonds is 14. The third-order valence-corrected chi connectivity index (χ3v) is 7.04. The van der Waals surface area contributed by atoms with Crippen LogP contribution in [0.4, 0.5) is 44.6 Å². The SMILES string of the molecule is CCCCNc1ccc(N=Nc2ccc(N=Nc3ccc(N=Nc4ccc(OC(=O)OCCCC)cc4)c4ccccc34)cc2)cc1. The van der Waals surface area contributed by atoms with Crippen LogP contribution in [-0.4, -0.2) is 19.3 Å². The molecule has 0 fully saturated rings. The summed E-state index contributed by atoms with van der Waals surface area (Å²) in [4.78, 5) is 11.8. The molecule has 5 rings (SSSR count). The number of fused-ring (bicyclic) bond motifs is 1. The van der Waals surface area contributed by atoms with Crippen LogP contribution in [0.2, 0.25) is 0 Å². The molecule has 0 radical (unpaired) electrons. The molecule has 0 bridgehead atoms. The largest absolute Gasteiger partial charge is 0.513 e. The van der Waals surface area contributed by atoms with Gasteiger partial charge in [0.2, 0.25) is 0 Å². The zero-order valence-corrected chi connectivity index (χ0v) is 26.5. The number of carbonyl (C=O) groups excluding carboxylic acids is 1. The first-order chi connectivity index (χ1) is 23.1. The van der Waals surface area contributed by atoms with Crippen molar-refractivity contribution in [1.29, 1.82) is 0 Å². The summed E-state index contributed by atoms with van der Waals surface area (Å²) in [6, 6.07) is 33.7. The topological polar surface area (TPSA) is 122 Å². The smallest absolute Gasteiger partial charge is 0.434 e. The van der Waals surface area contributed by atoms with Crippen molar-refractivity contribution >= 4 is 56.7 Å². The van der Waals surface area contributed by atoms with Crippen molar-refractivity contribution in [2.45, 2.75) is 39.5 Å². The number of benzene rings is 5. The summed E-state index contributed by atoms with van der Waals surface area (Å²) in [7, 11) is 0. The minimum atomic E-state index is -0.719. The van der Waals surface area contributed by atoms with Crippen molar-refractivity contribution < 1.29 is 14.3 Å². The number of hydrogen-bond donors (Lipinski definition) is 1. The van der Waals surface area contributed by atoms with E-state index in [2.05, 4.69) is 42.9 Å². The summed E-state index contributed by atoms with van der Waals surface area (Å²) in [5.74, 6) is 0.376. The Morgan fingerprint density at radius 3 is 1.55 bits per heavy atom. The molecule has 1 N–H and O–H groups in total. The minimum absolute atomic E-state index is 0.338. The van der Waals surface area contributed by atoms with Crippen molar-refractivity contribution in [3.63, 3.8) is 0 Å². The lowest BCUT2D eigenvalue weighted by Crippen LogP contribution is -2.11. The van der Waals surface area contributed by atoms with Crippen LogP contribution >= 0.6 is 0 Å². The first-order valence-corrected chi connectivity index (χ1v) is 15.8. The van der Waals surface area contributed by atoms with E-state index in [1.54, 1.807) is 24.3 Å². The second kappa shape index (κ2) is 17.1. The van der Waals surface area contributed by atoms with Crippen LogP contribution in [0, 0.1) is 0 Å². The Hall–Kier alpha value is -5.77. The maximum atomic E-state index is 11.8. The van der Waals surface area contributed by atoms with Crippen LogP contribution in [0.15, 0.2) is 140 Å². The van der Waals surface area contributed by atoms with Crippen molar-refractivity contribution in [2.24, 2.45) is 30.7 Å². The van der Waals surface area contributed by atoms with Gasteiger partial charge in [-0.3, -0.25) is 0 Å². The standard InChI is InChI=1S/C37H37N7O3/c1-3-5-25-38-27-11-13-28(14-12-27)39-40-29-15-17-30(18-16-29)41-43-35-23-24-36(34-10-8-7-9-33(34)35)44-42-31-19-21-32(22-20-31)47-37(45)46-26-6-4-2/h7-24,38H,3-6,25-26H2,1-2H3. The van der Waals surface area contributed by atoms with Gasteiger partial charge in [0, 0.05) is 23.0 Å². The number of nitrogens with zero attached hydrogens (tertiary/aromatic N) is 6. The van der Waals surface area contributed by atoms with Gasteiger partial charge in [0.15, 0.2) is 0 Å². The van der Waals surface area contributed by atoms with Crippen LogP contribution in [0.3, 0.4) is 0 Å². The van der Waals surface area contributed by atoms with Gasteiger partial charge in [-0.05, 0) is 97.8 Å². The Balaban J connectivity index is 1.21. The van der Waals surface area contributed by atoms with Gasteiger partial charge < -0.3 is 14.8 Å². The van der Waals surface area contributed by atoms with E-state index in [1.165, 1.54) is 0 Å². The highest BCUT2D eigenvalue weighted by Crippen LogP contribution is 2.35. The van der Waals surface area contributed by atoms with E-state index in [9.17, 15) is 4.79 Å². The minimum Gasteiger partial charge on any atom is -0.434 e. The number of azo groups is 3. The Kier molecular flexibility index (Phi) is 11.8. The van der Waals surface area contributed by atoms with E-state index in [0.29, 0.717) is 35.1 Å². The highest BCUT2D eigenvalue weighted by Gasteiger charge is 2.07. The molecule has 47 heavy (non-hydrogen) atoms. The average Bonchev–Trinajstić information content (AvgIpc) is 3.11. The first-order valence-electron chi connectivity index (χ1n) is 15.8. The predicted molar refractivity (Wildman–Crippen MR) is 186 cm³/mol. The third kappa shape index (κ3) is 9.86. The summed E-state index contributed by atoms with van der Waals surface area (Å²) in [5, 5.41) is 31.7. The maximum Gasteiger partial charge on any atom is 0.513 e. The van der Waals surface area contributed by atoms with Gasteiger partial charge in [0.25, 0.3) is 0 Å². The van der Waals surface area contributed by atoms with Crippen LogP contribution in [0.1, 0.15) is 39.5 Å². The Morgan fingerprint density at radius 2 is 1.04 bits per heavy atom. The Morgan fingerprint density at radius 1 is 0.574 bits per heavy atom.